The number of carboxylic acids is 1. The Balaban J connectivity index is 1.69. The van der Waals surface area contributed by atoms with Crippen LogP contribution >= 0.6 is 0 Å². The fraction of sp³-hybridized carbons (Fsp3) is 0.286. The molecular formula is C28H21F6NO7S. The van der Waals surface area contributed by atoms with Crippen LogP contribution in [0.25, 0.3) is 11.1 Å². The standard InChI is InChI=1S/C28H21F6NO7S/c1-27(2,25(37)38)11-15-12-35(43(39,40)16-5-3-4-13(6-16)28(32,33)34)20-9-17-18-7-14(29)8-22(42-26(30)31)23(18)24(36)19(17)10-21(20)41-15/h3-10,15,26H,11-12H2,1-2H3,(H,37,38)/t15-/m0/s1. The van der Waals surface area contributed by atoms with Crippen molar-refractivity contribution in [1.29, 1.82) is 0 Å². The number of carboxylic acid groups (broad SMARTS) is 1. The molecule has 2 aliphatic rings. The second-order valence-electron chi connectivity index (χ2n) is 10.6. The van der Waals surface area contributed by atoms with E-state index in [-0.39, 0.29) is 34.5 Å². The molecule has 5 rings (SSSR count). The molecule has 1 aliphatic carbocycles. The number of alkyl halides is 5. The summed E-state index contributed by atoms with van der Waals surface area (Å²) in [4.78, 5) is 24.4. The van der Waals surface area contributed by atoms with E-state index in [1.807, 2.05) is 0 Å². The van der Waals surface area contributed by atoms with Crippen LogP contribution in [0.5, 0.6) is 11.5 Å². The quantitative estimate of drug-likeness (QED) is 0.246. The van der Waals surface area contributed by atoms with Crippen LogP contribution in [0.2, 0.25) is 0 Å². The highest BCUT2D eigenvalue weighted by Gasteiger charge is 2.42. The Kier molecular flexibility index (Phi) is 7.15. The van der Waals surface area contributed by atoms with Gasteiger partial charge < -0.3 is 14.6 Å². The van der Waals surface area contributed by atoms with Gasteiger partial charge in [0.25, 0.3) is 10.0 Å². The molecule has 1 aliphatic heterocycles. The molecule has 0 unspecified atom stereocenters. The molecule has 1 N–H and O–H groups in total. The number of benzene rings is 3. The van der Waals surface area contributed by atoms with Crippen molar-refractivity contribution < 1.29 is 58.9 Å². The van der Waals surface area contributed by atoms with Crippen LogP contribution < -0.4 is 13.8 Å². The van der Waals surface area contributed by atoms with Crippen LogP contribution in [0.1, 0.15) is 41.8 Å². The Bertz CT molecular complexity index is 1770. The summed E-state index contributed by atoms with van der Waals surface area (Å²) in [6.07, 6.45) is -6.26. The normalized spacial score (nSPS) is 16.4. The Labute approximate surface area is 240 Å². The van der Waals surface area contributed by atoms with E-state index < -0.39 is 80.2 Å². The lowest BCUT2D eigenvalue weighted by molar-refractivity contribution is -0.148. The number of rotatable bonds is 7. The highest BCUT2D eigenvalue weighted by molar-refractivity contribution is 7.92. The molecule has 0 radical (unpaired) electrons. The van der Waals surface area contributed by atoms with Crippen molar-refractivity contribution in [2.24, 2.45) is 5.41 Å². The topological polar surface area (TPSA) is 110 Å². The number of fused-ring (bicyclic) bond motifs is 4. The molecular weight excluding hydrogens is 608 g/mol. The molecule has 3 aromatic rings. The van der Waals surface area contributed by atoms with Crippen LogP contribution in [0, 0.1) is 11.2 Å². The highest BCUT2D eigenvalue weighted by Crippen LogP contribution is 2.49. The van der Waals surface area contributed by atoms with Crippen molar-refractivity contribution >= 4 is 27.5 Å². The Morgan fingerprint density at radius 2 is 1.79 bits per heavy atom. The maximum absolute atomic E-state index is 14.4. The third-order valence-corrected chi connectivity index (χ3v) is 8.92. The molecule has 0 amide bonds. The van der Waals surface area contributed by atoms with Gasteiger partial charge in [0, 0.05) is 23.6 Å². The van der Waals surface area contributed by atoms with Crippen molar-refractivity contribution in [1.82, 2.24) is 0 Å². The van der Waals surface area contributed by atoms with E-state index in [0.29, 0.717) is 18.2 Å². The molecule has 0 aromatic heterocycles. The number of hydrogen-bond acceptors (Lipinski definition) is 6. The summed E-state index contributed by atoms with van der Waals surface area (Å²) in [7, 11) is -4.78. The lowest BCUT2D eigenvalue weighted by atomic mass is 9.86. The number of sulfonamides is 1. The van der Waals surface area contributed by atoms with E-state index in [0.717, 1.165) is 34.6 Å². The molecule has 0 bridgehead atoms. The zero-order valence-electron chi connectivity index (χ0n) is 22.2. The molecule has 1 heterocycles. The van der Waals surface area contributed by atoms with E-state index in [4.69, 9.17) is 4.74 Å². The average molecular weight is 630 g/mol. The SMILES string of the molecule is CC(C)(C[C@H]1CN(S(=O)(=O)c2cccc(C(F)(F)F)c2)c2cc3c(cc2O1)C(=O)c1c(OC(F)F)cc(F)cc1-3)C(=O)O. The number of anilines is 1. The lowest BCUT2D eigenvalue weighted by Crippen LogP contribution is -2.46. The summed E-state index contributed by atoms with van der Waals surface area (Å²) < 4.78 is 120. The van der Waals surface area contributed by atoms with Gasteiger partial charge in [-0.25, -0.2) is 12.8 Å². The second kappa shape index (κ2) is 10.2. The molecule has 3 aromatic carbocycles. The summed E-state index contributed by atoms with van der Waals surface area (Å²) in [5.41, 5.74) is -3.74. The molecule has 15 heteroatoms. The fourth-order valence-corrected chi connectivity index (χ4v) is 6.62. The first-order valence-electron chi connectivity index (χ1n) is 12.5. The predicted molar refractivity (Wildman–Crippen MR) is 138 cm³/mol. The van der Waals surface area contributed by atoms with Crippen LogP contribution in [0.4, 0.5) is 32.0 Å². The summed E-state index contributed by atoms with van der Waals surface area (Å²) in [6, 6.07) is 6.69. The molecule has 8 nitrogen and oxygen atoms in total. The summed E-state index contributed by atoms with van der Waals surface area (Å²) in [5, 5.41) is 9.62. The number of halogens is 6. The van der Waals surface area contributed by atoms with Gasteiger partial charge in [-0.1, -0.05) is 6.07 Å². The Hall–Kier alpha value is -4.27. The van der Waals surface area contributed by atoms with Gasteiger partial charge in [-0.15, -0.1) is 0 Å². The minimum Gasteiger partial charge on any atom is -0.486 e. The lowest BCUT2D eigenvalue weighted by Gasteiger charge is -2.38. The Morgan fingerprint density at radius 1 is 1.09 bits per heavy atom. The first kappa shape index (κ1) is 30.2. The van der Waals surface area contributed by atoms with Gasteiger partial charge in [0.05, 0.1) is 33.7 Å². The van der Waals surface area contributed by atoms with E-state index in [1.165, 1.54) is 13.8 Å². The monoisotopic (exact) mass is 629 g/mol. The van der Waals surface area contributed by atoms with Crippen LogP contribution in [-0.4, -0.2) is 44.5 Å². The minimum absolute atomic E-state index is 0.0606. The van der Waals surface area contributed by atoms with Crippen molar-refractivity contribution in [3.8, 4) is 22.6 Å². The third-order valence-electron chi connectivity index (χ3n) is 7.14. The molecule has 0 spiro atoms. The smallest absolute Gasteiger partial charge is 0.416 e. The van der Waals surface area contributed by atoms with Crippen molar-refractivity contribution in [2.75, 3.05) is 10.8 Å². The van der Waals surface area contributed by atoms with Gasteiger partial charge >= 0.3 is 18.8 Å². The van der Waals surface area contributed by atoms with E-state index in [9.17, 15) is 49.5 Å². The first-order chi connectivity index (χ1) is 19.9. The number of carbonyl (C=O) groups excluding carboxylic acids is 1. The number of ether oxygens (including phenoxy) is 2. The van der Waals surface area contributed by atoms with Crippen molar-refractivity contribution in [2.45, 2.75) is 44.1 Å². The average Bonchev–Trinajstić information content (AvgIpc) is 3.16. The van der Waals surface area contributed by atoms with Gasteiger partial charge in [0.2, 0.25) is 0 Å². The van der Waals surface area contributed by atoms with Crippen molar-refractivity contribution in [3.05, 3.63) is 71.0 Å². The number of aliphatic carboxylic acids is 1. The van der Waals surface area contributed by atoms with Gasteiger partial charge in [-0.2, -0.15) is 22.0 Å². The number of nitrogens with zero attached hydrogens (tertiary/aromatic N) is 1. The van der Waals surface area contributed by atoms with Crippen LogP contribution in [0.15, 0.2) is 53.4 Å². The van der Waals surface area contributed by atoms with E-state index in [1.54, 1.807) is 0 Å². The van der Waals surface area contributed by atoms with Gasteiger partial charge in [0.15, 0.2) is 5.78 Å². The fourth-order valence-electron chi connectivity index (χ4n) is 5.07. The largest absolute Gasteiger partial charge is 0.486 e. The highest BCUT2D eigenvalue weighted by atomic mass is 32.2. The summed E-state index contributed by atoms with van der Waals surface area (Å²) >= 11 is 0. The maximum atomic E-state index is 14.4. The molecule has 0 fully saturated rings. The minimum atomic E-state index is -4.87. The zero-order valence-corrected chi connectivity index (χ0v) is 23.0. The van der Waals surface area contributed by atoms with E-state index in [2.05, 4.69) is 4.74 Å². The molecule has 0 saturated heterocycles. The van der Waals surface area contributed by atoms with Crippen LogP contribution in [0.3, 0.4) is 0 Å². The first-order valence-corrected chi connectivity index (χ1v) is 14.0. The summed E-state index contributed by atoms with van der Waals surface area (Å²) in [6.45, 7) is -1.21. The molecule has 0 saturated carbocycles. The van der Waals surface area contributed by atoms with Crippen LogP contribution in [-0.2, 0) is 21.0 Å². The van der Waals surface area contributed by atoms with Gasteiger partial charge in [-0.3, -0.25) is 13.9 Å². The van der Waals surface area contributed by atoms with Crippen molar-refractivity contribution in [3.63, 3.8) is 0 Å². The zero-order chi connectivity index (χ0) is 31.6. The molecule has 1 atom stereocenters. The number of hydrogen-bond donors (Lipinski definition) is 1. The predicted octanol–water partition coefficient (Wildman–Crippen LogP) is 6.11. The second-order valence-corrected chi connectivity index (χ2v) is 12.5. The number of ketones is 1. The van der Waals surface area contributed by atoms with Gasteiger partial charge in [-0.05, 0) is 55.8 Å². The molecule has 228 valence electrons. The van der Waals surface area contributed by atoms with Gasteiger partial charge in [0.1, 0.15) is 23.4 Å². The third kappa shape index (κ3) is 5.37. The maximum Gasteiger partial charge on any atom is 0.416 e. The summed E-state index contributed by atoms with van der Waals surface area (Å²) in [5.74, 6) is -4.12. The molecule has 43 heavy (non-hydrogen) atoms. The Morgan fingerprint density at radius 3 is 2.42 bits per heavy atom. The van der Waals surface area contributed by atoms with E-state index >= 15 is 0 Å². The number of carbonyl (C=O) groups is 2.